The summed E-state index contributed by atoms with van der Waals surface area (Å²) in [6.07, 6.45) is 1.13. The van der Waals surface area contributed by atoms with Crippen molar-refractivity contribution >= 4 is 11.3 Å². The zero-order valence-electron chi connectivity index (χ0n) is 13.7. The predicted molar refractivity (Wildman–Crippen MR) is 92.3 cm³/mol. The number of aryl methyl sites for hydroxylation is 2. The summed E-state index contributed by atoms with van der Waals surface area (Å²) in [6.45, 7) is 11.9. The molecule has 0 amide bonds. The second-order valence-electron chi connectivity index (χ2n) is 6.00. The van der Waals surface area contributed by atoms with Crippen LogP contribution in [0.25, 0.3) is 0 Å². The number of nitrogens with one attached hydrogen (secondary N) is 1. The Balaban J connectivity index is 2.34. The molecule has 0 aliphatic carbocycles. The SMILES string of the molecule is CCCNC(c1ccc(C)c(C)c1)c1nc(C(C)C)cs1. The minimum Gasteiger partial charge on any atom is -0.304 e. The Morgan fingerprint density at radius 2 is 1.95 bits per heavy atom. The van der Waals surface area contributed by atoms with Gasteiger partial charge in [0.2, 0.25) is 0 Å². The van der Waals surface area contributed by atoms with Crippen LogP contribution in [0.2, 0.25) is 0 Å². The average molecular weight is 302 g/mol. The van der Waals surface area contributed by atoms with Crippen molar-refractivity contribution in [2.45, 2.75) is 53.0 Å². The van der Waals surface area contributed by atoms with Gasteiger partial charge in [-0.15, -0.1) is 11.3 Å². The van der Waals surface area contributed by atoms with Gasteiger partial charge in [-0.05, 0) is 49.4 Å². The van der Waals surface area contributed by atoms with Gasteiger partial charge in [-0.2, -0.15) is 0 Å². The van der Waals surface area contributed by atoms with Crippen LogP contribution in [0.3, 0.4) is 0 Å². The molecule has 1 aromatic heterocycles. The maximum Gasteiger partial charge on any atom is 0.114 e. The Morgan fingerprint density at radius 1 is 1.19 bits per heavy atom. The fourth-order valence-electron chi connectivity index (χ4n) is 2.28. The van der Waals surface area contributed by atoms with Crippen LogP contribution in [0.1, 0.15) is 66.5 Å². The molecule has 0 aliphatic rings. The molecule has 2 rings (SSSR count). The highest BCUT2D eigenvalue weighted by Gasteiger charge is 2.18. The quantitative estimate of drug-likeness (QED) is 0.814. The summed E-state index contributed by atoms with van der Waals surface area (Å²) < 4.78 is 0. The number of aromatic nitrogens is 1. The monoisotopic (exact) mass is 302 g/mol. The maximum absolute atomic E-state index is 4.85. The third kappa shape index (κ3) is 3.92. The summed E-state index contributed by atoms with van der Waals surface area (Å²) in [5.74, 6) is 0.488. The van der Waals surface area contributed by atoms with Crippen molar-refractivity contribution < 1.29 is 0 Å². The standard InChI is InChI=1S/C18H26N2S/c1-6-9-19-17(15-8-7-13(4)14(5)10-15)18-20-16(11-21-18)12(2)3/h7-8,10-12,17,19H,6,9H2,1-5H3. The number of thiazole rings is 1. The van der Waals surface area contributed by atoms with Crippen LogP contribution < -0.4 is 5.32 Å². The minimum atomic E-state index is 0.210. The lowest BCUT2D eigenvalue weighted by atomic mass is 10.0. The molecule has 0 saturated heterocycles. The van der Waals surface area contributed by atoms with Crippen molar-refractivity contribution in [1.82, 2.24) is 10.3 Å². The molecule has 1 N–H and O–H groups in total. The molecule has 1 aromatic carbocycles. The van der Waals surface area contributed by atoms with Crippen molar-refractivity contribution in [3.8, 4) is 0 Å². The van der Waals surface area contributed by atoms with Crippen molar-refractivity contribution in [2.75, 3.05) is 6.54 Å². The number of nitrogens with zero attached hydrogens (tertiary/aromatic N) is 1. The maximum atomic E-state index is 4.85. The summed E-state index contributed by atoms with van der Waals surface area (Å²) in [5.41, 5.74) is 5.20. The molecule has 0 saturated carbocycles. The van der Waals surface area contributed by atoms with Gasteiger partial charge in [0.15, 0.2) is 0 Å². The van der Waals surface area contributed by atoms with Gasteiger partial charge >= 0.3 is 0 Å². The van der Waals surface area contributed by atoms with E-state index in [2.05, 4.69) is 63.5 Å². The van der Waals surface area contributed by atoms with Gasteiger partial charge < -0.3 is 5.32 Å². The van der Waals surface area contributed by atoms with Crippen LogP contribution in [0.5, 0.6) is 0 Å². The largest absolute Gasteiger partial charge is 0.304 e. The van der Waals surface area contributed by atoms with E-state index < -0.39 is 0 Å². The third-order valence-electron chi connectivity index (χ3n) is 3.84. The van der Waals surface area contributed by atoms with E-state index in [1.54, 1.807) is 11.3 Å². The lowest BCUT2D eigenvalue weighted by Crippen LogP contribution is -2.23. The molecule has 3 heteroatoms. The van der Waals surface area contributed by atoms with Crippen LogP contribution in [-0.2, 0) is 0 Å². The first-order chi connectivity index (χ1) is 10.0. The van der Waals surface area contributed by atoms with E-state index in [0.29, 0.717) is 5.92 Å². The van der Waals surface area contributed by atoms with Gasteiger partial charge in [0.05, 0.1) is 11.7 Å². The number of benzene rings is 1. The van der Waals surface area contributed by atoms with Gasteiger partial charge in [-0.3, -0.25) is 0 Å². The second-order valence-corrected chi connectivity index (χ2v) is 6.89. The molecule has 21 heavy (non-hydrogen) atoms. The molecule has 1 atom stereocenters. The zero-order valence-corrected chi connectivity index (χ0v) is 14.6. The van der Waals surface area contributed by atoms with Crippen LogP contribution in [0.15, 0.2) is 23.6 Å². The molecule has 1 unspecified atom stereocenters. The minimum absolute atomic E-state index is 0.210. The molecule has 0 fully saturated rings. The highest BCUT2D eigenvalue weighted by molar-refractivity contribution is 7.09. The van der Waals surface area contributed by atoms with E-state index in [-0.39, 0.29) is 6.04 Å². The topological polar surface area (TPSA) is 24.9 Å². The van der Waals surface area contributed by atoms with Gasteiger partial charge in [0, 0.05) is 5.38 Å². The molecule has 0 bridgehead atoms. The highest BCUT2D eigenvalue weighted by Crippen LogP contribution is 2.28. The summed E-state index contributed by atoms with van der Waals surface area (Å²) in [4.78, 5) is 4.85. The Bertz CT molecular complexity index is 587. The zero-order chi connectivity index (χ0) is 15.4. The Hall–Kier alpha value is -1.19. The van der Waals surface area contributed by atoms with Gasteiger partial charge in [0.25, 0.3) is 0 Å². The fourth-order valence-corrected chi connectivity index (χ4v) is 3.36. The number of hydrogen-bond acceptors (Lipinski definition) is 3. The van der Waals surface area contributed by atoms with E-state index >= 15 is 0 Å². The lowest BCUT2D eigenvalue weighted by Gasteiger charge is -2.18. The second kappa shape index (κ2) is 7.19. The summed E-state index contributed by atoms with van der Waals surface area (Å²) in [6, 6.07) is 6.94. The Labute approximate surface area is 132 Å². The molecule has 1 heterocycles. The summed E-state index contributed by atoms with van der Waals surface area (Å²) in [7, 11) is 0. The molecule has 0 aliphatic heterocycles. The molecule has 0 radical (unpaired) electrons. The van der Waals surface area contributed by atoms with E-state index in [9.17, 15) is 0 Å². The molecular weight excluding hydrogens is 276 g/mol. The van der Waals surface area contributed by atoms with E-state index in [1.165, 1.54) is 27.4 Å². The van der Waals surface area contributed by atoms with Gasteiger partial charge in [-0.25, -0.2) is 4.98 Å². The molecule has 114 valence electrons. The first kappa shape index (κ1) is 16.2. The van der Waals surface area contributed by atoms with Gasteiger partial charge in [0.1, 0.15) is 5.01 Å². The summed E-state index contributed by atoms with van der Waals surface area (Å²) in [5, 5.41) is 7.02. The number of hydrogen-bond donors (Lipinski definition) is 1. The normalized spacial score (nSPS) is 12.9. The molecule has 0 spiro atoms. The Morgan fingerprint density at radius 3 is 2.52 bits per heavy atom. The fraction of sp³-hybridized carbons (Fsp3) is 0.500. The van der Waals surface area contributed by atoms with E-state index in [4.69, 9.17) is 4.98 Å². The predicted octanol–water partition coefficient (Wildman–Crippen LogP) is 4.97. The van der Waals surface area contributed by atoms with E-state index in [1.807, 2.05) is 0 Å². The van der Waals surface area contributed by atoms with Crippen LogP contribution in [0.4, 0.5) is 0 Å². The van der Waals surface area contributed by atoms with Crippen molar-refractivity contribution in [1.29, 1.82) is 0 Å². The summed E-state index contributed by atoms with van der Waals surface area (Å²) >= 11 is 1.77. The molecular formula is C18H26N2S. The van der Waals surface area contributed by atoms with Crippen molar-refractivity contribution in [2.24, 2.45) is 0 Å². The highest BCUT2D eigenvalue weighted by atomic mass is 32.1. The van der Waals surface area contributed by atoms with Crippen LogP contribution >= 0.6 is 11.3 Å². The third-order valence-corrected chi connectivity index (χ3v) is 4.77. The first-order valence-corrected chi connectivity index (χ1v) is 8.66. The lowest BCUT2D eigenvalue weighted by molar-refractivity contribution is 0.593. The van der Waals surface area contributed by atoms with E-state index in [0.717, 1.165) is 13.0 Å². The van der Waals surface area contributed by atoms with Crippen LogP contribution in [-0.4, -0.2) is 11.5 Å². The smallest absolute Gasteiger partial charge is 0.114 e. The van der Waals surface area contributed by atoms with Crippen molar-refractivity contribution in [3.05, 3.63) is 51.0 Å². The Kier molecular flexibility index (Phi) is 5.54. The average Bonchev–Trinajstić information content (AvgIpc) is 2.93. The number of rotatable bonds is 6. The van der Waals surface area contributed by atoms with Gasteiger partial charge in [-0.1, -0.05) is 39.0 Å². The first-order valence-electron chi connectivity index (χ1n) is 7.78. The molecule has 2 aromatic rings. The molecule has 2 nitrogen and oxygen atoms in total. The van der Waals surface area contributed by atoms with Crippen LogP contribution in [0, 0.1) is 13.8 Å². The van der Waals surface area contributed by atoms with Crippen molar-refractivity contribution in [3.63, 3.8) is 0 Å².